The first kappa shape index (κ1) is 12.6. The minimum atomic E-state index is -0.437. The lowest BCUT2D eigenvalue weighted by Crippen LogP contribution is -2.08. The molecular formula is C10H9Br2FO2. The zero-order chi connectivity index (χ0) is 11.4. The van der Waals surface area contributed by atoms with Gasteiger partial charge < -0.3 is 4.74 Å². The average Bonchev–Trinajstić information content (AvgIpc) is 2.21. The molecule has 0 aromatic heterocycles. The van der Waals surface area contributed by atoms with Crippen LogP contribution in [0, 0.1) is 5.82 Å². The Morgan fingerprint density at radius 1 is 1.53 bits per heavy atom. The van der Waals surface area contributed by atoms with Gasteiger partial charge in [0.1, 0.15) is 5.82 Å². The van der Waals surface area contributed by atoms with Crippen LogP contribution >= 0.6 is 31.9 Å². The molecule has 2 nitrogen and oxygen atoms in total. The minimum absolute atomic E-state index is 0.259. The van der Waals surface area contributed by atoms with Crippen LogP contribution in [0.25, 0.3) is 0 Å². The highest BCUT2D eigenvalue weighted by molar-refractivity contribution is 9.10. The summed E-state index contributed by atoms with van der Waals surface area (Å²) in [6, 6.07) is 2.75. The van der Waals surface area contributed by atoms with Gasteiger partial charge in [0.15, 0.2) is 0 Å². The van der Waals surface area contributed by atoms with Gasteiger partial charge in [0.25, 0.3) is 0 Å². The molecule has 0 saturated carbocycles. The maximum absolute atomic E-state index is 13.2. The first-order valence-corrected chi connectivity index (χ1v) is 6.22. The van der Waals surface area contributed by atoms with Gasteiger partial charge in [-0.1, -0.05) is 15.9 Å². The third-order valence-corrected chi connectivity index (χ3v) is 3.00. The molecule has 15 heavy (non-hydrogen) atoms. The summed E-state index contributed by atoms with van der Waals surface area (Å²) >= 11 is 6.23. The van der Waals surface area contributed by atoms with Crippen molar-refractivity contribution in [2.24, 2.45) is 0 Å². The molecule has 0 heterocycles. The molecular weight excluding hydrogens is 331 g/mol. The number of alkyl halides is 1. The van der Waals surface area contributed by atoms with E-state index < -0.39 is 11.8 Å². The van der Waals surface area contributed by atoms with Crippen LogP contribution in [0.1, 0.15) is 22.8 Å². The third kappa shape index (κ3) is 3.01. The van der Waals surface area contributed by atoms with Crippen LogP contribution in [0.2, 0.25) is 0 Å². The van der Waals surface area contributed by atoms with Crippen LogP contribution in [-0.4, -0.2) is 12.6 Å². The van der Waals surface area contributed by atoms with Crippen molar-refractivity contribution in [3.63, 3.8) is 0 Å². The van der Waals surface area contributed by atoms with Gasteiger partial charge in [-0.25, -0.2) is 9.18 Å². The molecule has 0 bridgehead atoms. The molecule has 0 unspecified atom stereocenters. The van der Waals surface area contributed by atoms with Gasteiger partial charge in [-0.05, 0) is 40.5 Å². The number of benzene rings is 1. The SMILES string of the molecule is CCOC(=O)c1cc(Br)c(F)cc1CBr. The number of esters is 1. The minimum Gasteiger partial charge on any atom is -0.462 e. The number of halogens is 3. The fourth-order valence-corrected chi connectivity index (χ4v) is 1.90. The van der Waals surface area contributed by atoms with Gasteiger partial charge >= 0.3 is 5.97 Å². The van der Waals surface area contributed by atoms with Crippen LogP contribution in [0.5, 0.6) is 0 Å². The number of hydrogen-bond acceptors (Lipinski definition) is 2. The standard InChI is InChI=1S/C10H9Br2FO2/c1-2-15-10(14)7-4-8(12)9(13)3-6(7)5-11/h3-4H,2,5H2,1H3. The van der Waals surface area contributed by atoms with Crippen LogP contribution < -0.4 is 0 Å². The fraction of sp³-hybridized carbons (Fsp3) is 0.300. The predicted molar refractivity (Wildman–Crippen MR) is 62.7 cm³/mol. The quantitative estimate of drug-likeness (QED) is 0.620. The smallest absolute Gasteiger partial charge is 0.338 e. The molecule has 0 fully saturated rings. The molecule has 1 aromatic rings. The summed E-state index contributed by atoms with van der Waals surface area (Å²) in [4.78, 5) is 11.5. The van der Waals surface area contributed by atoms with Gasteiger partial charge in [-0.2, -0.15) is 0 Å². The number of carbonyl (C=O) groups is 1. The second-order valence-corrected chi connectivity index (χ2v) is 4.19. The highest BCUT2D eigenvalue weighted by Crippen LogP contribution is 2.23. The molecule has 0 atom stereocenters. The van der Waals surface area contributed by atoms with Gasteiger partial charge in [0.2, 0.25) is 0 Å². The lowest BCUT2D eigenvalue weighted by molar-refractivity contribution is 0.0525. The number of hydrogen-bond donors (Lipinski definition) is 0. The molecule has 1 aromatic carbocycles. The van der Waals surface area contributed by atoms with Crippen LogP contribution in [0.15, 0.2) is 16.6 Å². The summed E-state index contributed by atoms with van der Waals surface area (Å²) in [6.07, 6.45) is 0. The van der Waals surface area contributed by atoms with Crippen LogP contribution in [0.3, 0.4) is 0 Å². The summed E-state index contributed by atoms with van der Waals surface area (Å²) in [5.41, 5.74) is 0.955. The van der Waals surface area contributed by atoms with E-state index in [2.05, 4.69) is 31.9 Å². The van der Waals surface area contributed by atoms with Crippen molar-refractivity contribution < 1.29 is 13.9 Å². The van der Waals surface area contributed by atoms with Gasteiger partial charge in [-0.3, -0.25) is 0 Å². The summed E-state index contributed by atoms with van der Waals surface area (Å²) in [5.74, 6) is -0.829. The Morgan fingerprint density at radius 3 is 2.73 bits per heavy atom. The summed E-state index contributed by atoms with van der Waals surface area (Å²) in [5, 5.41) is 0.408. The second-order valence-electron chi connectivity index (χ2n) is 2.78. The Kier molecular flexibility index (Phi) is 4.73. The molecule has 0 amide bonds. The topological polar surface area (TPSA) is 26.3 Å². The molecule has 0 aliphatic carbocycles. The van der Waals surface area contributed by atoms with Gasteiger partial charge in [-0.15, -0.1) is 0 Å². The third-order valence-electron chi connectivity index (χ3n) is 1.79. The van der Waals surface area contributed by atoms with Crippen molar-refractivity contribution in [3.8, 4) is 0 Å². The van der Waals surface area contributed by atoms with Crippen molar-refractivity contribution in [2.45, 2.75) is 12.3 Å². The van der Waals surface area contributed by atoms with Gasteiger partial charge in [0, 0.05) is 5.33 Å². The summed E-state index contributed by atoms with van der Waals surface area (Å²) in [6.45, 7) is 2.03. The molecule has 0 spiro atoms. The molecule has 82 valence electrons. The Hall–Kier alpha value is -0.420. The van der Waals surface area contributed by atoms with E-state index in [1.165, 1.54) is 12.1 Å². The van der Waals surface area contributed by atoms with Crippen LogP contribution in [0.4, 0.5) is 4.39 Å². The largest absolute Gasteiger partial charge is 0.462 e. The van der Waals surface area contributed by atoms with Crippen molar-refractivity contribution in [3.05, 3.63) is 33.5 Å². The highest BCUT2D eigenvalue weighted by atomic mass is 79.9. The van der Waals surface area contributed by atoms with Crippen LogP contribution in [-0.2, 0) is 10.1 Å². The average molecular weight is 340 g/mol. The van der Waals surface area contributed by atoms with E-state index in [1.54, 1.807) is 6.92 Å². The van der Waals surface area contributed by atoms with E-state index in [0.717, 1.165) is 0 Å². The van der Waals surface area contributed by atoms with E-state index in [-0.39, 0.29) is 4.47 Å². The first-order valence-electron chi connectivity index (χ1n) is 4.31. The summed E-state index contributed by atoms with van der Waals surface area (Å²) < 4.78 is 18.3. The lowest BCUT2D eigenvalue weighted by Gasteiger charge is -2.07. The van der Waals surface area contributed by atoms with E-state index in [4.69, 9.17) is 4.74 Å². The lowest BCUT2D eigenvalue weighted by atomic mass is 10.1. The molecule has 0 saturated heterocycles. The van der Waals surface area contributed by atoms with E-state index in [9.17, 15) is 9.18 Å². The second kappa shape index (κ2) is 5.61. The first-order chi connectivity index (χ1) is 7.10. The molecule has 0 aliphatic heterocycles. The maximum Gasteiger partial charge on any atom is 0.338 e. The Morgan fingerprint density at radius 2 is 2.20 bits per heavy atom. The van der Waals surface area contributed by atoms with Crippen molar-refractivity contribution in [1.29, 1.82) is 0 Å². The Labute approximate surface area is 104 Å². The highest BCUT2D eigenvalue weighted by Gasteiger charge is 2.14. The van der Waals surface area contributed by atoms with Crippen molar-refractivity contribution in [2.75, 3.05) is 6.61 Å². The normalized spacial score (nSPS) is 10.1. The number of carbonyl (C=O) groups excluding carboxylic acids is 1. The molecule has 0 radical (unpaired) electrons. The van der Waals surface area contributed by atoms with Crippen molar-refractivity contribution >= 4 is 37.8 Å². The summed E-state index contributed by atoms with van der Waals surface area (Å²) in [7, 11) is 0. The molecule has 0 aliphatic rings. The molecule has 5 heteroatoms. The Balaban J connectivity index is 3.15. The molecule has 0 N–H and O–H groups in total. The molecule has 1 rings (SSSR count). The number of rotatable bonds is 3. The van der Waals surface area contributed by atoms with Gasteiger partial charge in [0.05, 0.1) is 16.6 Å². The number of ether oxygens (including phenoxy) is 1. The zero-order valence-corrected chi connectivity index (χ0v) is 11.2. The Bertz CT molecular complexity index is 380. The monoisotopic (exact) mass is 338 g/mol. The predicted octanol–water partition coefficient (Wildman–Crippen LogP) is 3.66. The zero-order valence-electron chi connectivity index (χ0n) is 8.02. The van der Waals surface area contributed by atoms with Crippen molar-refractivity contribution in [1.82, 2.24) is 0 Å². The van der Waals surface area contributed by atoms with E-state index in [1.807, 2.05) is 0 Å². The fourth-order valence-electron chi connectivity index (χ4n) is 1.10. The van der Waals surface area contributed by atoms with E-state index >= 15 is 0 Å². The maximum atomic E-state index is 13.2. The van der Waals surface area contributed by atoms with E-state index in [0.29, 0.717) is 23.1 Å².